The number of rotatable bonds is 7. The number of benzene rings is 1. The molecule has 0 atom stereocenters. The summed E-state index contributed by atoms with van der Waals surface area (Å²) in [6.07, 6.45) is 4.08. The zero-order valence-electron chi connectivity index (χ0n) is 11.8. The van der Waals surface area contributed by atoms with Gasteiger partial charge in [0.15, 0.2) is 5.82 Å². The molecule has 0 amide bonds. The molecule has 0 bridgehead atoms. The van der Waals surface area contributed by atoms with Gasteiger partial charge in [-0.15, -0.1) is 11.7 Å². The quantitative estimate of drug-likeness (QED) is 0.733. The largest absolute Gasteiger partial charge is 0.288 e. The molecule has 0 saturated heterocycles. The zero-order valence-corrected chi connectivity index (χ0v) is 11.8. The van der Waals surface area contributed by atoms with Crippen LogP contribution in [0.4, 0.5) is 4.39 Å². The number of tetrazole rings is 1. The number of hydrogen-bond acceptors (Lipinski definition) is 4. The first-order valence-electron chi connectivity index (χ1n) is 7.11. The highest BCUT2D eigenvalue weighted by Crippen LogP contribution is 2.34. The Bertz CT molecular complexity index is 620. The minimum atomic E-state index is -0.187. The molecule has 0 unspecified atom stereocenters. The van der Waals surface area contributed by atoms with Crippen molar-refractivity contribution >= 4 is 0 Å². The lowest BCUT2D eigenvalue weighted by Gasteiger charge is -2.20. The van der Waals surface area contributed by atoms with E-state index >= 15 is 0 Å². The van der Waals surface area contributed by atoms with E-state index in [0.29, 0.717) is 31.2 Å². The summed E-state index contributed by atoms with van der Waals surface area (Å²) in [6, 6.07) is 7.27. The van der Waals surface area contributed by atoms with Gasteiger partial charge in [-0.25, -0.2) is 9.07 Å². The Morgan fingerprint density at radius 2 is 2.14 bits per heavy atom. The third-order valence-corrected chi connectivity index (χ3v) is 3.56. The summed E-state index contributed by atoms with van der Waals surface area (Å²) in [7, 11) is 0. The van der Waals surface area contributed by atoms with Crippen LogP contribution >= 0.6 is 0 Å². The second kappa shape index (κ2) is 6.13. The minimum absolute atomic E-state index is 0.187. The second-order valence-electron chi connectivity index (χ2n) is 5.32. The van der Waals surface area contributed by atoms with Crippen molar-refractivity contribution in [3.63, 3.8) is 0 Å². The molecule has 1 aliphatic carbocycles. The van der Waals surface area contributed by atoms with Gasteiger partial charge < -0.3 is 0 Å². The van der Waals surface area contributed by atoms with Crippen molar-refractivity contribution < 1.29 is 4.39 Å². The third kappa shape index (κ3) is 3.33. The Hall–Kier alpha value is -2.08. The smallest absolute Gasteiger partial charge is 0.165 e. The van der Waals surface area contributed by atoms with Crippen molar-refractivity contribution in [3.05, 3.63) is 54.1 Å². The van der Waals surface area contributed by atoms with Gasteiger partial charge in [0.05, 0.1) is 12.6 Å². The standard InChI is InChI=1S/C15H18FN5/c1-2-9-20(10-12-5-3-4-6-14(12)16)11-15-17-18-19-21(15)13-7-8-13/h2-6,13H,1,7-11H2. The summed E-state index contributed by atoms with van der Waals surface area (Å²) in [5.74, 6) is 0.643. The van der Waals surface area contributed by atoms with E-state index in [0.717, 1.165) is 18.7 Å². The van der Waals surface area contributed by atoms with Crippen LogP contribution < -0.4 is 0 Å². The van der Waals surface area contributed by atoms with Crippen molar-refractivity contribution in [1.82, 2.24) is 25.1 Å². The Kier molecular flexibility index (Phi) is 4.06. The number of halogens is 1. The van der Waals surface area contributed by atoms with E-state index in [4.69, 9.17) is 0 Å². The lowest BCUT2D eigenvalue weighted by Crippen LogP contribution is -2.25. The van der Waals surface area contributed by atoms with Crippen LogP contribution in [0.15, 0.2) is 36.9 Å². The fourth-order valence-electron chi connectivity index (χ4n) is 2.35. The maximum atomic E-state index is 13.8. The Morgan fingerprint density at radius 1 is 1.33 bits per heavy atom. The first-order valence-corrected chi connectivity index (χ1v) is 7.11. The fourth-order valence-corrected chi connectivity index (χ4v) is 2.35. The van der Waals surface area contributed by atoms with Crippen molar-refractivity contribution in [3.8, 4) is 0 Å². The van der Waals surface area contributed by atoms with Gasteiger partial charge in [-0.05, 0) is 29.3 Å². The van der Waals surface area contributed by atoms with Crippen LogP contribution in [0.3, 0.4) is 0 Å². The predicted molar refractivity (Wildman–Crippen MR) is 76.8 cm³/mol. The van der Waals surface area contributed by atoms with Crippen LogP contribution in [0, 0.1) is 5.82 Å². The fraction of sp³-hybridized carbons (Fsp3) is 0.400. The molecule has 6 heteroatoms. The van der Waals surface area contributed by atoms with Gasteiger partial charge in [-0.3, -0.25) is 4.90 Å². The van der Waals surface area contributed by atoms with E-state index in [1.165, 1.54) is 6.07 Å². The van der Waals surface area contributed by atoms with Crippen LogP contribution in [0.2, 0.25) is 0 Å². The van der Waals surface area contributed by atoms with Gasteiger partial charge in [0.2, 0.25) is 0 Å². The zero-order chi connectivity index (χ0) is 14.7. The van der Waals surface area contributed by atoms with Gasteiger partial charge in [-0.2, -0.15) is 0 Å². The van der Waals surface area contributed by atoms with Crippen molar-refractivity contribution in [2.75, 3.05) is 6.54 Å². The molecule has 0 aliphatic heterocycles. The molecule has 21 heavy (non-hydrogen) atoms. The van der Waals surface area contributed by atoms with Crippen LogP contribution in [-0.2, 0) is 13.1 Å². The van der Waals surface area contributed by atoms with Crippen molar-refractivity contribution in [2.24, 2.45) is 0 Å². The summed E-state index contributed by atoms with van der Waals surface area (Å²) in [6.45, 7) is 5.53. The van der Waals surface area contributed by atoms with E-state index in [1.54, 1.807) is 12.1 Å². The molecule has 1 aromatic heterocycles. The van der Waals surface area contributed by atoms with E-state index < -0.39 is 0 Å². The highest BCUT2D eigenvalue weighted by atomic mass is 19.1. The molecular weight excluding hydrogens is 269 g/mol. The molecule has 1 aromatic carbocycles. The molecule has 0 spiro atoms. The van der Waals surface area contributed by atoms with Gasteiger partial charge in [0.25, 0.3) is 0 Å². The molecule has 110 valence electrons. The highest BCUT2D eigenvalue weighted by molar-refractivity contribution is 5.17. The number of nitrogens with zero attached hydrogens (tertiary/aromatic N) is 5. The lowest BCUT2D eigenvalue weighted by atomic mass is 10.2. The average Bonchev–Trinajstić information content (AvgIpc) is 3.22. The molecule has 3 rings (SSSR count). The second-order valence-corrected chi connectivity index (χ2v) is 5.32. The SMILES string of the molecule is C=CCN(Cc1ccccc1F)Cc1nnnn1C1CC1. The third-order valence-electron chi connectivity index (χ3n) is 3.56. The molecule has 1 fully saturated rings. The first kappa shape index (κ1) is 13.9. The molecule has 0 N–H and O–H groups in total. The molecular formula is C15H18FN5. The summed E-state index contributed by atoms with van der Waals surface area (Å²) < 4.78 is 15.7. The molecule has 2 aromatic rings. The Balaban J connectivity index is 1.73. The Morgan fingerprint density at radius 3 is 2.86 bits per heavy atom. The summed E-state index contributed by atoms with van der Waals surface area (Å²) >= 11 is 0. The van der Waals surface area contributed by atoms with Crippen LogP contribution in [-0.4, -0.2) is 31.7 Å². The van der Waals surface area contributed by atoms with Crippen LogP contribution in [0.1, 0.15) is 30.3 Å². The lowest BCUT2D eigenvalue weighted by molar-refractivity contribution is 0.268. The van der Waals surface area contributed by atoms with Crippen molar-refractivity contribution in [1.29, 1.82) is 0 Å². The van der Waals surface area contributed by atoms with Crippen molar-refractivity contribution in [2.45, 2.75) is 32.0 Å². The van der Waals surface area contributed by atoms with Gasteiger partial charge in [0.1, 0.15) is 5.82 Å². The van der Waals surface area contributed by atoms with Gasteiger partial charge in [0, 0.05) is 18.7 Å². The summed E-state index contributed by atoms with van der Waals surface area (Å²) in [5.41, 5.74) is 0.671. The van der Waals surface area contributed by atoms with E-state index in [9.17, 15) is 4.39 Å². The Labute approximate surface area is 123 Å². The summed E-state index contributed by atoms with van der Waals surface area (Å²) in [4.78, 5) is 2.08. The van der Waals surface area contributed by atoms with Crippen LogP contribution in [0.5, 0.6) is 0 Å². The topological polar surface area (TPSA) is 46.8 Å². The molecule has 5 nitrogen and oxygen atoms in total. The molecule has 0 radical (unpaired) electrons. The van der Waals surface area contributed by atoms with Gasteiger partial charge >= 0.3 is 0 Å². The maximum Gasteiger partial charge on any atom is 0.165 e. The minimum Gasteiger partial charge on any atom is -0.288 e. The molecule has 1 saturated carbocycles. The molecule has 1 aliphatic rings. The molecule has 1 heterocycles. The maximum absolute atomic E-state index is 13.8. The summed E-state index contributed by atoms with van der Waals surface area (Å²) in [5, 5.41) is 11.9. The number of aromatic nitrogens is 4. The monoisotopic (exact) mass is 287 g/mol. The number of hydrogen-bond donors (Lipinski definition) is 0. The highest BCUT2D eigenvalue weighted by Gasteiger charge is 2.28. The average molecular weight is 287 g/mol. The first-order chi connectivity index (χ1) is 10.3. The normalized spacial score (nSPS) is 14.6. The van der Waals surface area contributed by atoms with Gasteiger partial charge in [-0.1, -0.05) is 24.3 Å². The van der Waals surface area contributed by atoms with Crippen LogP contribution in [0.25, 0.3) is 0 Å². The predicted octanol–water partition coefficient (Wildman–Crippen LogP) is 2.34. The van der Waals surface area contributed by atoms with E-state index in [1.807, 2.05) is 16.8 Å². The van der Waals surface area contributed by atoms with E-state index in [2.05, 4.69) is 27.0 Å². The van der Waals surface area contributed by atoms with E-state index in [-0.39, 0.29) is 5.82 Å².